The number of likely N-dealkylation sites (tertiary alicyclic amines) is 1. The molecule has 162 valence electrons. The van der Waals surface area contributed by atoms with Gasteiger partial charge in [0.15, 0.2) is 0 Å². The van der Waals surface area contributed by atoms with Gasteiger partial charge in [0.1, 0.15) is 5.75 Å². The Morgan fingerprint density at radius 3 is 2.53 bits per heavy atom. The molecule has 6 heteroatoms. The lowest BCUT2D eigenvalue weighted by atomic mass is 9.74. The Labute approximate surface area is 189 Å². The fraction of sp³-hybridized carbons (Fsp3) is 0.269. The third-order valence-corrected chi connectivity index (χ3v) is 6.92. The Kier molecular flexibility index (Phi) is 5.49. The lowest BCUT2D eigenvalue weighted by molar-refractivity contribution is 0.0646. The number of rotatable bonds is 4. The number of fused-ring (bicyclic) bond motifs is 2. The van der Waals surface area contributed by atoms with Gasteiger partial charge in [-0.3, -0.25) is 4.79 Å². The minimum atomic E-state index is -0.0239. The topological polar surface area (TPSA) is 75.8 Å². The van der Waals surface area contributed by atoms with E-state index in [-0.39, 0.29) is 18.8 Å². The van der Waals surface area contributed by atoms with Gasteiger partial charge in [-0.2, -0.15) is 0 Å². The second-order valence-electron chi connectivity index (χ2n) is 8.84. The number of carbonyl (C=O) groups is 1. The van der Waals surface area contributed by atoms with Gasteiger partial charge in [0.05, 0.1) is 6.61 Å². The molecular weight excluding hydrogens is 399 g/mol. The zero-order valence-electron chi connectivity index (χ0n) is 18.1. The fourth-order valence-electron chi connectivity index (χ4n) is 4.95. The van der Waals surface area contributed by atoms with Crippen LogP contribution in [0.1, 0.15) is 34.3 Å². The van der Waals surface area contributed by atoms with Crippen molar-refractivity contribution in [3.8, 4) is 16.9 Å². The van der Waals surface area contributed by atoms with E-state index in [0.29, 0.717) is 31.8 Å². The first-order valence-electron chi connectivity index (χ1n) is 11.2. The molecule has 0 aliphatic carbocycles. The van der Waals surface area contributed by atoms with E-state index in [2.05, 4.69) is 6.07 Å². The Balaban J connectivity index is 1.33. The molecule has 1 saturated heterocycles. The summed E-state index contributed by atoms with van der Waals surface area (Å²) in [5.41, 5.74) is 11.7. The zero-order chi connectivity index (χ0) is 22.1. The minimum absolute atomic E-state index is 0.00159. The van der Waals surface area contributed by atoms with Crippen LogP contribution in [0.15, 0.2) is 66.7 Å². The average Bonchev–Trinajstić information content (AvgIpc) is 3.21. The van der Waals surface area contributed by atoms with E-state index >= 15 is 0 Å². The summed E-state index contributed by atoms with van der Waals surface area (Å²) in [6, 6.07) is 21.8. The monoisotopic (exact) mass is 426 g/mol. The maximum Gasteiger partial charge on any atom is 0.304 e. The first kappa shape index (κ1) is 20.8. The van der Waals surface area contributed by atoms with Gasteiger partial charge in [-0.15, -0.1) is 0 Å². The van der Waals surface area contributed by atoms with Crippen LogP contribution in [0.4, 0.5) is 0 Å². The first-order chi connectivity index (χ1) is 15.6. The molecule has 5 nitrogen and oxygen atoms in total. The molecule has 0 saturated carbocycles. The molecule has 0 bridgehead atoms. The van der Waals surface area contributed by atoms with Crippen molar-refractivity contribution >= 4 is 18.9 Å². The van der Waals surface area contributed by atoms with Gasteiger partial charge in [-0.25, -0.2) is 0 Å². The van der Waals surface area contributed by atoms with Crippen LogP contribution in [0.25, 0.3) is 11.1 Å². The van der Waals surface area contributed by atoms with Crippen LogP contribution in [-0.2, 0) is 12.0 Å². The second-order valence-corrected chi connectivity index (χ2v) is 8.84. The van der Waals surface area contributed by atoms with Gasteiger partial charge >= 0.3 is 7.48 Å². The van der Waals surface area contributed by atoms with Gasteiger partial charge in [-0.1, -0.05) is 54.0 Å². The largest absolute Gasteiger partial charge is 0.492 e. The number of carbonyl (C=O) groups excluding carboxylic acids is 1. The summed E-state index contributed by atoms with van der Waals surface area (Å²) < 4.78 is 5.99. The van der Waals surface area contributed by atoms with Crippen molar-refractivity contribution in [2.45, 2.75) is 24.8 Å². The minimum Gasteiger partial charge on any atom is -0.492 e. The molecule has 3 aromatic rings. The van der Waals surface area contributed by atoms with Crippen molar-refractivity contribution < 1.29 is 14.6 Å². The van der Waals surface area contributed by atoms with Crippen molar-refractivity contribution in [1.82, 2.24) is 4.90 Å². The second kappa shape index (κ2) is 8.45. The number of piperidine rings is 1. The molecule has 1 spiro atoms. The van der Waals surface area contributed by atoms with E-state index in [1.54, 1.807) is 0 Å². The molecule has 32 heavy (non-hydrogen) atoms. The van der Waals surface area contributed by atoms with E-state index in [1.165, 1.54) is 5.56 Å². The molecular formula is C26H27BN2O3. The molecule has 0 aromatic heterocycles. The molecule has 2 aliphatic heterocycles. The summed E-state index contributed by atoms with van der Waals surface area (Å²) in [4.78, 5) is 15.3. The number of nitrogens with two attached hydrogens (primary N) is 1. The normalized spacial score (nSPS) is 16.5. The standard InChI is InChI=1S/C26H27BN2O3/c28-16-18-7-8-24-23(13-18)26(17-32-24)9-11-29(12-10-26)25(30)21-5-1-3-19(14-21)20-4-2-6-22(15-20)27-31/h1-8,13-15,27,31H,9-12,16-17,28H2. The Morgan fingerprint density at radius 1 is 1.03 bits per heavy atom. The fourth-order valence-corrected chi connectivity index (χ4v) is 4.95. The van der Waals surface area contributed by atoms with Gasteiger partial charge in [0, 0.05) is 36.2 Å². The molecule has 1 fully saturated rings. The van der Waals surface area contributed by atoms with Gasteiger partial charge in [0.2, 0.25) is 0 Å². The van der Waals surface area contributed by atoms with E-state index < -0.39 is 0 Å². The van der Waals surface area contributed by atoms with Gasteiger partial charge in [-0.05, 0) is 47.7 Å². The van der Waals surface area contributed by atoms with Crippen LogP contribution in [0, 0.1) is 0 Å². The SMILES string of the molecule is NCc1ccc2c(c1)C1(CCN(C(=O)c3cccc(-c4cccc(BO)c4)c3)CC1)CO2. The number of ether oxygens (including phenoxy) is 1. The molecule has 0 unspecified atom stereocenters. The number of amides is 1. The first-order valence-corrected chi connectivity index (χ1v) is 11.2. The predicted octanol–water partition coefficient (Wildman–Crippen LogP) is 2.35. The van der Waals surface area contributed by atoms with Crippen molar-refractivity contribution in [3.63, 3.8) is 0 Å². The maximum atomic E-state index is 13.3. The smallest absolute Gasteiger partial charge is 0.304 e. The lowest BCUT2D eigenvalue weighted by Gasteiger charge is -2.38. The van der Waals surface area contributed by atoms with E-state index in [4.69, 9.17) is 10.5 Å². The highest BCUT2D eigenvalue weighted by Gasteiger charge is 2.43. The van der Waals surface area contributed by atoms with Crippen LogP contribution in [0.3, 0.4) is 0 Å². The summed E-state index contributed by atoms with van der Waals surface area (Å²) in [6.07, 6.45) is 1.77. The zero-order valence-corrected chi connectivity index (χ0v) is 18.1. The van der Waals surface area contributed by atoms with E-state index in [1.807, 2.05) is 65.6 Å². The molecule has 3 aromatic carbocycles. The highest BCUT2D eigenvalue weighted by Crippen LogP contribution is 2.46. The highest BCUT2D eigenvalue weighted by molar-refractivity contribution is 6.45. The van der Waals surface area contributed by atoms with E-state index in [0.717, 1.165) is 40.7 Å². The Bertz CT molecular complexity index is 1160. The van der Waals surface area contributed by atoms with Crippen LogP contribution in [-0.4, -0.2) is 43.0 Å². The van der Waals surface area contributed by atoms with Crippen LogP contribution in [0.2, 0.25) is 0 Å². The predicted molar refractivity (Wildman–Crippen MR) is 128 cm³/mol. The lowest BCUT2D eigenvalue weighted by Crippen LogP contribution is -2.46. The summed E-state index contributed by atoms with van der Waals surface area (Å²) in [5.74, 6) is 1.02. The molecule has 5 rings (SSSR count). The van der Waals surface area contributed by atoms with Crippen molar-refractivity contribution in [2.75, 3.05) is 19.7 Å². The van der Waals surface area contributed by atoms with Gasteiger partial charge in [0.25, 0.3) is 5.91 Å². The van der Waals surface area contributed by atoms with Gasteiger partial charge < -0.3 is 20.4 Å². The molecule has 1 amide bonds. The molecule has 0 radical (unpaired) electrons. The summed E-state index contributed by atoms with van der Waals surface area (Å²) in [7, 11) is 0.00159. The van der Waals surface area contributed by atoms with Crippen LogP contribution in [0.5, 0.6) is 5.75 Å². The summed E-state index contributed by atoms with van der Waals surface area (Å²) in [5, 5.41) is 9.42. The third-order valence-electron chi connectivity index (χ3n) is 6.92. The summed E-state index contributed by atoms with van der Waals surface area (Å²) >= 11 is 0. The van der Waals surface area contributed by atoms with Crippen molar-refractivity contribution in [1.29, 1.82) is 0 Å². The molecule has 0 atom stereocenters. The number of hydrogen-bond donors (Lipinski definition) is 2. The average molecular weight is 426 g/mol. The maximum absolute atomic E-state index is 13.3. The highest BCUT2D eigenvalue weighted by atomic mass is 16.5. The molecule has 2 heterocycles. The Morgan fingerprint density at radius 2 is 1.78 bits per heavy atom. The van der Waals surface area contributed by atoms with Crippen molar-refractivity contribution in [2.24, 2.45) is 5.73 Å². The van der Waals surface area contributed by atoms with Crippen LogP contribution >= 0.6 is 0 Å². The van der Waals surface area contributed by atoms with Crippen molar-refractivity contribution in [3.05, 3.63) is 83.4 Å². The molecule has 2 aliphatic rings. The number of benzene rings is 3. The number of nitrogens with zero attached hydrogens (tertiary/aromatic N) is 1. The quantitative estimate of drug-likeness (QED) is 0.629. The van der Waals surface area contributed by atoms with Crippen LogP contribution < -0.4 is 15.9 Å². The number of hydrogen-bond acceptors (Lipinski definition) is 4. The molecule has 3 N–H and O–H groups in total. The summed E-state index contributed by atoms with van der Waals surface area (Å²) in [6.45, 7) is 2.61. The third kappa shape index (κ3) is 3.70. The van der Waals surface area contributed by atoms with E-state index in [9.17, 15) is 9.82 Å². The Hall–Kier alpha value is -3.09.